The monoisotopic (exact) mass is 215 g/mol. The highest BCUT2D eigenvalue weighted by Gasteiger charge is 2.15. The molecular formula is C9H17N3O3. The molecule has 0 saturated heterocycles. The van der Waals surface area contributed by atoms with Gasteiger partial charge in [-0.25, -0.2) is 9.59 Å². The molecule has 0 aromatic carbocycles. The fourth-order valence-electron chi connectivity index (χ4n) is 0.636. The summed E-state index contributed by atoms with van der Waals surface area (Å²) in [6.07, 6.45) is -0.0672. The molecule has 0 atom stereocenters. The van der Waals surface area contributed by atoms with Crippen molar-refractivity contribution in [2.45, 2.75) is 39.7 Å². The smallest absolute Gasteiger partial charge is 0.441 e. The zero-order chi connectivity index (χ0) is 11.9. The third-order valence-electron chi connectivity index (χ3n) is 1.14. The fraction of sp³-hybridized carbons (Fsp3) is 0.778. The Balaban J connectivity index is 3.95. The lowest BCUT2D eigenvalue weighted by atomic mass is 10.2. The van der Waals surface area contributed by atoms with Crippen molar-refractivity contribution in [2.75, 3.05) is 6.54 Å². The van der Waals surface area contributed by atoms with Crippen LogP contribution in [0, 0.1) is 0 Å². The van der Waals surface area contributed by atoms with E-state index in [1.165, 1.54) is 0 Å². The lowest BCUT2D eigenvalue weighted by molar-refractivity contribution is 0.0590. The van der Waals surface area contributed by atoms with Crippen LogP contribution in [0.3, 0.4) is 0 Å². The molecule has 86 valence electrons. The van der Waals surface area contributed by atoms with Gasteiger partial charge >= 0.3 is 12.1 Å². The highest BCUT2D eigenvalue weighted by atomic mass is 16.6. The number of nitrogens with one attached hydrogen (secondary N) is 1. The van der Waals surface area contributed by atoms with Gasteiger partial charge in [0.15, 0.2) is 0 Å². The van der Waals surface area contributed by atoms with Crippen molar-refractivity contribution in [3.63, 3.8) is 0 Å². The van der Waals surface area contributed by atoms with Crippen molar-refractivity contribution in [2.24, 2.45) is 10.2 Å². The van der Waals surface area contributed by atoms with Crippen LogP contribution < -0.4 is 5.32 Å². The molecule has 0 rings (SSSR count). The minimum atomic E-state index is -0.867. The number of hydrogen-bond donors (Lipinski definition) is 1. The first-order valence-electron chi connectivity index (χ1n) is 4.77. The Morgan fingerprint density at radius 3 is 2.33 bits per heavy atom. The number of carbonyl (C=O) groups is 2. The van der Waals surface area contributed by atoms with Gasteiger partial charge in [-0.05, 0) is 27.2 Å². The number of azo groups is 1. The van der Waals surface area contributed by atoms with Gasteiger partial charge in [0.25, 0.3) is 0 Å². The molecule has 0 fully saturated rings. The molecule has 6 heteroatoms. The summed E-state index contributed by atoms with van der Waals surface area (Å²) in [5.41, 5.74) is -0.629. The quantitative estimate of drug-likeness (QED) is 0.718. The second-order valence-corrected chi connectivity index (χ2v) is 3.91. The molecule has 0 saturated carbocycles. The maximum Gasteiger partial charge on any atom is 0.453 e. The molecule has 0 aromatic heterocycles. The molecule has 0 aliphatic heterocycles. The van der Waals surface area contributed by atoms with Crippen LogP contribution >= 0.6 is 0 Å². The van der Waals surface area contributed by atoms with Gasteiger partial charge in [-0.3, -0.25) is 0 Å². The summed E-state index contributed by atoms with van der Waals surface area (Å²) in [4.78, 5) is 21.9. The highest BCUT2D eigenvalue weighted by molar-refractivity contribution is 5.77. The summed E-state index contributed by atoms with van der Waals surface area (Å²) < 4.78 is 4.81. The molecule has 3 amide bonds. The SMILES string of the molecule is CCCNC(=O)N=NC(=O)OC(C)(C)C. The summed E-state index contributed by atoms with van der Waals surface area (Å²) >= 11 is 0. The second kappa shape index (κ2) is 6.10. The Kier molecular flexibility index (Phi) is 5.51. The number of ether oxygens (including phenoxy) is 1. The van der Waals surface area contributed by atoms with Gasteiger partial charge in [-0.15, -0.1) is 0 Å². The number of carbonyl (C=O) groups excluding carboxylic acids is 2. The first-order chi connectivity index (χ1) is 6.85. The van der Waals surface area contributed by atoms with Gasteiger partial charge in [0.1, 0.15) is 5.60 Å². The summed E-state index contributed by atoms with van der Waals surface area (Å²) in [5.74, 6) is 0. The van der Waals surface area contributed by atoms with Crippen molar-refractivity contribution in [1.29, 1.82) is 0 Å². The molecule has 0 radical (unpaired) electrons. The fourth-order valence-corrected chi connectivity index (χ4v) is 0.636. The van der Waals surface area contributed by atoms with E-state index in [2.05, 4.69) is 15.5 Å². The van der Waals surface area contributed by atoms with Crippen LogP contribution in [0.5, 0.6) is 0 Å². The third kappa shape index (κ3) is 8.86. The molecule has 15 heavy (non-hydrogen) atoms. The predicted molar refractivity (Wildman–Crippen MR) is 54.8 cm³/mol. The van der Waals surface area contributed by atoms with Crippen LogP contribution in [0.15, 0.2) is 10.2 Å². The van der Waals surface area contributed by atoms with Crippen molar-refractivity contribution >= 4 is 12.1 Å². The Hall–Kier alpha value is -1.46. The van der Waals surface area contributed by atoms with E-state index < -0.39 is 17.7 Å². The highest BCUT2D eigenvalue weighted by Crippen LogP contribution is 2.07. The topological polar surface area (TPSA) is 80.1 Å². The van der Waals surface area contributed by atoms with E-state index in [4.69, 9.17) is 4.74 Å². The number of hydrogen-bond acceptors (Lipinski definition) is 3. The van der Waals surface area contributed by atoms with Gasteiger partial charge < -0.3 is 10.1 Å². The molecule has 0 bridgehead atoms. The molecule has 0 aliphatic rings. The van der Waals surface area contributed by atoms with E-state index >= 15 is 0 Å². The predicted octanol–water partition coefficient (Wildman–Crippen LogP) is 2.49. The van der Waals surface area contributed by atoms with Crippen LogP contribution in [0.2, 0.25) is 0 Å². The molecule has 0 aromatic rings. The Bertz CT molecular complexity index is 256. The van der Waals surface area contributed by atoms with E-state index in [1.807, 2.05) is 6.92 Å². The van der Waals surface area contributed by atoms with E-state index in [0.717, 1.165) is 6.42 Å². The van der Waals surface area contributed by atoms with Crippen molar-refractivity contribution in [3.8, 4) is 0 Å². The zero-order valence-electron chi connectivity index (χ0n) is 9.53. The van der Waals surface area contributed by atoms with Crippen LogP contribution in [0.1, 0.15) is 34.1 Å². The van der Waals surface area contributed by atoms with Gasteiger partial charge in [0.2, 0.25) is 0 Å². The summed E-state index contributed by atoms with van der Waals surface area (Å²) in [6.45, 7) is 7.53. The van der Waals surface area contributed by atoms with E-state index in [-0.39, 0.29) is 0 Å². The van der Waals surface area contributed by atoms with Crippen molar-refractivity contribution < 1.29 is 14.3 Å². The standard InChI is InChI=1S/C9H17N3O3/c1-5-6-10-7(13)11-12-8(14)15-9(2,3)4/h5-6H2,1-4H3,(H,10,13). The van der Waals surface area contributed by atoms with Gasteiger partial charge in [-0.2, -0.15) is 0 Å². The van der Waals surface area contributed by atoms with Gasteiger partial charge in [0.05, 0.1) is 0 Å². The van der Waals surface area contributed by atoms with Crippen LogP contribution in [-0.2, 0) is 4.74 Å². The number of urea groups is 1. The molecule has 1 N–H and O–H groups in total. The minimum Gasteiger partial charge on any atom is -0.441 e. The lowest BCUT2D eigenvalue weighted by Gasteiger charge is -2.16. The van der Waals surface area contributed by atoms with Crippen molar-refractivity contribution in [1.82, 2.24) is 5.32 Å². The van der Waals surface area contributed by atoms with Crippen molar-refractivity contribution in [3.05, 3.63) is 0 Å². The summed E-state index contributed by atoms with van der Waals surface area (Å²) in [6, 6.07) is -0.636. The molecule has 0 unspecified atom stereocenters. The molecule has 0 aliphatic carbocycles. The summed E-state index contributed by atoms with van der Waals surface area (Å²) in [5, 5.41) is 8.70. The normalized spacial score (nSPS) is 11.5. The first-order valence-corrected chi connectivity index (χ1v) is 4.77. The van der Waals surface area contributed by atoms with Crippen LogP contribution in [0.4, 0.5) is 9.59 Å². The average molecular weight is 215 g/mol. The largest absolute Gasteiger partial charge is 0.453 e. The molecular weight excluding hydrogens is 198 g/mol. The number of nitrogens with zero attached hydrogens (tertiary/aromatic N) is 2. The van der Waals surface area contributed by atoms with Crippen LogP contribution in [-0.4, -0.2) is 24.3 Å². The Labute approximate surface area is 89.1 Å². The molecule has 6 nitrogen and oxygen atoms in total. The number of amides is 3. The Morgan fingerprint density at radius 2 is 1.87 bits per heavy atom. The van der Waals surface area contributed by atoms with Crippen LogP contribution in [0.25, 0.3) is 0 Å². The molecule has 0 spiro atoms. The molecule has 0 heterocycles. The first kappa shape index (κ1) is 13.5. The zero-order valence-corrected chi connectivity index (χ0v) is 9.53. The second-order valence-electron chi connectivity index (χ2n) is 3.91. The summed E-state index contributed by atoms with van der Waals surface area (Å²) in [7, 11) is 0. The average Bonchev–Trinajstić information content (AvgIpc) is 2.08. The maximum absolute atomic E-state index is 11.0. The third-order valence-corrected chi connectivity index (χ3v) is 1.14. The Morgan fingerprint density at radius 1 is 1.27 bits per heavy atom. The van der Waals surface area contributed by atoms with E-state index in [1.54, 1.807) is 20.8 Å². The van der Waals surface area contributed by atoms with Gasteiger partial charge in [0, 0.05) is 6.54 Å². The maximum atomic E-state index is 11.0. The minimum absolute atomic E-state index is 0.506. The van der Waals surface area contributed by atoms with E-state index in [0.29, 0.717) is 6.54 Å². The van der Waals surface area contributed by atoms with E-state index in [9.17, 15) is 9.59 Å². The lowest BCUT2D eigenvalue weighted by Crippen LogP contribution is -2.23. The number of rotatable bonds is 2. The van der Waals surface area contributed by atoms with Gasteiger partial charge in [-0.1, -0.05) is 17.2 Å².